The first kappa shape index (κ1) is 13.9. The number of phenolic OH excluding ortho intramolecular Hbond substituents is 2. The lowest BCUT2D eigenvalue weighted by Gasteiger charge is -2.09. The summed E-state index contributed by atoms with van der Waals surface area (Å²) in [5.41, 5.74) is 1.55. The van der Waals surface area contributed by atoms with Gasteiger partial charge in [0, 0.05) is 5.56 Å². The monoisotopic (exact) mass is 236 g/mol. The average molecular weight is 236 g/mol. The van der Waals surface area contributed by atoms with Gasteiger partial charge in [-0.15, -0.1) is 0 Å². The van der Waals surface area contributed by atoms with E-state index in [0.717, 1.165) is 18.4 Å². The summed E-state index contributed by atoms with van der Waals surface area (Å²) in [5.74, 6) is 0.486. The van der Waals surface area contributed by atoms with E-state index in [1.54, 1.807) is 12.1 Å². The van der Waals surface area contributed by atoms with Gasteiger partial charge < -0.3 is 10.2 Å². The van der Waals surface area contributed by atoms with Crippen molar-refractivity contribution in [2.75, 3.05) is 0 Å². The first-order valence-electron chi connectivity index (χ1n) is 6.67. The number of phenols is 2. The molecule has 2 nitrogen and oxygen atoms in total. The molecule has 0 atom stereocenters. The van der Waals surface area contributed by atoms with E-state index in [0.29, 0.717) is 5.56 Å². The largest absolute Gasteiger partial charge is 0.508 e. The Kier molecular flexibility index (Phi) is 5.88. The molecule has 1 aromatic carbocycles. The minimum Gasteiger partial charge on any atom is -0.508 e. The van der Waals surface area contributed by atoms with Gasteiger partial charge in [0.25, 0.3) is 0 Å². The normalized spacial score (nSPS) is 10.7. The van der Waals surface area contributed by atoms with E-state index >= 15 is 0 Å². The Morgan fingerprint density at radius 1 is 0.941 bits per heavy atom. The number of hydrogen-bond acceptors (Lipinski definition) is 2. The van der Waals surface area contributed by atoms with Crippen LogP contribution in [0.2, 0.25) is 0 Å². The highest BCUT2D eigenvalue weighted by Gasteiger charge is 2.09. The van der Waals surface area contributed by atoms with Gasteiger partial charge in [-0.2, -0.15) is 0 Å². The lowest BCUT2D eigenvalue weighted by Crippen LogP contribution is -1.90. The van der Waals surface area contributed by atoms with Crippen LogP contribution in [0.1, 0.15) is 56.6 Å². The van der Waals surface area contributed by atoms with Gasteiger partial charge in [0.1, 0.15) is 11.5 Å². The molecule has 0 spiro atoms. The molecule has 0 unspecified atom stereocenters. The summed E-state index contributed by atoms with van der Waals surface area (Å²) in [6.07, 6.45) is 8.09. The van der Waals surface area contributed by atoms with Crippen LogP contribution in [0.4, 0.5) is 0 Å². The summed E-state index contributed by atoms with van der Waals surface area (Å²) in [7, 11) is 0. The molecule has 0 fully saturated rings. The quantitative estimate of drug-likeness (QED) is 0.692. The van der Waals surface area contributed by atoms with Crippen LogP contribution in [0.15, 0.2) is 12.1 Å². The molecule has 0 aliphatic heterocycles. The van der Waals surface area contributed by atoms with Gasteiger partial charge in [0.2, 0.25) is 0 Å². The fourth-order valence-electron chi connectivity index (χ4n) is 2.07. The van der Waals surface area contributed by atoms with E-state index < -0.39 is 0 Å². The Labute approximate surface area is 104 Å². The molecule has 0 bridgehead atoms. The van der Waals surface area contributed by atoms with Crippen LogP contribution in [0.5, 0.6) is 11.5 Å². The predicted molar refractivity (Wildman–Crippen MR) is 71.6 cm³/mol. The molecule has 96 valence electrons. The van der Waals surface area contributed by atoms with E-state index in [-0.39, 0.29) is 11.5 Å². The van der Waals surface area contributed by atoms with Crippen LogP contribution in [0.25, 0.3) is 0 Å². The van der Waals surface area contributed by atoms with Crippen molar-refractivity contribution in [2.45, 2.75) is 58.8 Å². The molecule has 1 aromatic rings. The number of aromatic hydroxyl groups is 2. The second-order valence-electron chi connectivity index (χ2n) is 4.75. The van der Waals surface area contributed by atoms with Crippen molar-refractivity contribution < 1.29 is 10.2 Å². The summed E-state index contributed by atoms with van der Waals surface area (Å²) in [6.45, 7) is 4.07. The summed E-state index contributed by atoms with van der Waals surface area (Å²) in [5, 5.41) is 19.6. The predicted octanol–water partition coefficient (Wildman–Crippen LogP) is 4.31. The van der Waals surface area contributed by atoms with Crippen LogP contribution in [0.3, 0.4) is 0 Å². The van der Waals surface area contributed by atoms with Crippen molar-refractivity contribution in [3.8, 4) is 11.5 Å². The SMILES string of the molecule is CCCCCCCCc1c(O)ccc(C)c1O. The minimum absolute atomic E-state index is 0.224. The van der Waals surface area contributed by atoms with Gasteiger partial charge >= 0.3 is 0 Å². The van der Waals surface area contributed by atoms with E-state index in [4.69, 9.17) is 0 Å². The second kappa shape index (κ2) is 7.21. The summed E-state index contributed by atoms with van der Waals surface area (Å²) >= 11 is 0. The molecule has 0 heterocycles. The Hall–Kier alpha value is -1.18. The highest BCUT2D eigenvalue weighted by Crippen LogP contribution is 2.31. The fourth-order valence-corrected chi connectivity index (χ4v) is 2.07. The zero-order valence-corrected chi connectivity index (χ0v) is 11.0. The van der Waals surface area contributed by atoms with Crippen molar-refractivity contribution in [1.29, 1.82) is 0 Å². The molecule has 0 aromatic heterocycles. The molecule has 0 saturated heterocycles. The van der Waals surface area contributed by atoms with Crippen LogP contribution in [-0.4, -0.2) is 10.2 Å². The third-order valence-electron chi connectivity index (χ3n) is 3.24. The number of aryl methyl sites for hydroxylation is 1. The zero-order chi connectivity index (χ0) is 12.7. The van der Waals surface area contributed by atoms with Gasteiger partial charge in [-0.3, -0.25) is 0 Å². The molecule has 0 aliphatic carbocycles. The van der Waals surface area contributed by atoms with Crippen LogP contribution in [-0.2, 0) is 6.42 Å². The van der Waals surface area contributed by atoms with Crippen LogP contribution < -0.4 is 0 Å². The topological polar surface area (TPSA) is 40.5 Å². The van der Waals surface area contributed by atoms with Gasteiger partial charge in [0.15, 0.2) is 0 Å². The molecule has 0 aliphatic rings. The maximum Gasteiger partial charge on any atom is 0.125 e. The smallest absolute Gasteiger partial charge is 0.125 e. The maximum atomic E-state index is 9.86. The fraction of sp³-hybridized carbons (Fsp3) is 0.600. The third kappa shape index (κ3) is 4.29. The molecule has 2 heteroatoms. The van der Waals surface area contributed by atoms with E-state index in [2.05, 4.69) is 6.92 Å². The van der Waals surface area contributed by atoms with Crippen molar-refractivity contribution >= 4 is 0 Å². The molecular weight excluding hydrogens is 212 g/mol. The molecule has 0 radical (unpaired) electrons. The van der Waals surface area contributed by atoms with Crippen molar-refractivity contribution in [3.05, 3.63) is 23.3 Å². The number of unbranched alkanes of at least 4 members (excludes halogenated alkanes) is 5. The number of rotatable bonds is 7. The highest BCUT2D eigenvalue weighted by molar-refractivity contribution is 5.47. The lowest BCUT2D eigenvalue weighted by atomic mass is 10.0. The molecule has 0 saturated carbocycles. The van der Waals surface area contributed by atoms with Gasteiger partial charge in [-0.25, -0.2) is 0 Å². The lowest BCUT2D eigenvalue weighted by molar-refractivity contribution is 0.433. The van der Waals surface area contributed by atoms with E-state index in [9.17, 15) is 10.2 Å². The van der Waals surface area contributed by atoms with Crippen LogP contribution >= 0.6 is 0 Å². The van der Waals surface area contributed by atoms with E-state index in [1.165, 1.54) is 32.1 Å². The summed E-state index contributed by atoms with van der Waals surface area (Å²) in [4.78, 5) is 0. The van der Waals surface area contributed by atoms with Gasteiger partial charge in [-0.1, -0.05) is 45.1 Å². The minimum atomic E-state index is 0.224. The first-order valence-corrected chi connectivity index (χ1v) is 6.67. The summed E-state index contributed by atoms with van der Waals surface area (Å²) in [6, 6.07) is 3.41. The molecule has 17 heavy (non-hydrogen) atoms. The molecular formula is C15H24O2. The average Bonchev–Trinajstić information content (AvgIpc) is 2.32. The first-order chi connectivity index (χ1) is 8.16. The summed E-state index contributed by atoms with van der Waals surface area (Å²) < 4.78 is 0. The number of hydrogen-bond donors (Lipinski definition) is 2. The molecule has 0 amide bonds. The van der Waals surface area contributed by atoms with Gasteiger partial charge in [0.05, 0.1) is 0 Å². The second-order valence-corrected chi connectivity index (χ2v) is 4.75. The Morgan fingerprint density at radius 2 is 1.59 bits per heavy atom. The zero-order valence-electron chi connectivity index (χ0n) is 11.0. The highest BCUT2D eigenvalue weighted by atomic mass is 16.3. The van der Waals surface area contributed by atoms with Crippen molar-refractivity contribution in [2.24, 2.45) is 0 Å². The van der Waals surface area contributed by atoms with Crippen molar-refractivity contribution in [1.82, 2.24) is 0 Å². The van der Waals surface area contributed by atoms with Crippen LogP contribution in [0, 0.1) is 6.92 Å². The van der Waals surface area contributed by atoms with E-state index in [1.807, 2.05) is 6.92 Å². The third-order valence-corrected chi connectivity index (χ3v) is 3.24. The molecule has 1 rings (SSSR count). The maximum absolute atomic E-state index is 9.86. The number of benzene rings is 1. The van der Waals surface area contributed by atoms with Gasteiger partial charge in [-0.05, 0) is 31.4 Å². The Balaban J connectivity index is 2.39. The Bertz CT molecular complexity index is 345. The standard InChI is InChI=1S/C15H24O2/c1-3-4-5-6-7-8-9-13-14(16)11-10-12(2)15(13)17/h10-11,16-17H,3-9H2,1-2H3. The van der Waals surface area contributed by atoms with Crippen molar-refractivity contribution in [3.63, 3.8) is 0 Å². The Morgan fingerprint density at radius 3 is 2.29 bits per heavy atom. The molecule has 2 N–H and O–H groups in total.